The van der Waals surface area contributed by atoms with Crippen molar-refractivity contribution < 1.29 is 18.8 Å². The molecule has 19 heavy (non-hydrogen) atoms. The van der Waals surface area contributed by atoms with Crippen LogP contribution in [0.2, 0.25) is 0 Å². The van der Waals surface area contributed by atoms with Crippen LogP contribution in [0, 0.1) is 11.7 Å². The smallest absolute Gasteiger partial charge is 0.219 e. The Morgan fingerprint density at radius 2 is 1.89 bits per heavy atom. The second-order valence-electron chi connectivity index (χ2n) is 4.61. The normalized spacial score (nSPS) is 19.4. The highest BCUT2D eigenvalue weighted by Gasteiger charge is 2.34. The molecule has 0 radical (unpaired) electrons. The van der Waals surface area contributed by atoms with E-state index in [1.165, 1.54) is 36.1 Å². The molecule has 1 aliphatic heterocycles. The molecule has 1 fully saturated rings. The van der Waals surface area contributed by atoms with Crippen LogP contribution in [-0.2, 0) is 9.59 Å². The summed E-state index contributed by atoms with van der Waals surface area (Å²) in [5, 5.41) is 0. The van der Waals surface area contributed by atoms with E-state index >= 15 is 0 Å². The maximum absolute atomic E-state index is 12.8. The summed E-state index contributed by atoms with van der Waals surface area (Å²) in [5.74, 6) is -1.92. The van der Waals surface area contributed by atoms with Crippen molar-refractivity contribution >= 4 is 17.5 Å². The molecule has 4 nitrogen and oxygen atoms in total. The van der Waals surface area contributed by atoms with Gasteiger partial charge in [-0.05, 0) is 24.3 Å². The molecule has 1 heterocycles. The summed E-state index contributed by atoms with van der Waals surface area (Å²) in [6.45, 7) is 1.89. The van der Waals surface area contributed by atoms with Gasteiger partial charge in [0.2, 0.25) is 5.91 Å². The number of benzene rings is 1. The molecule has 1 atom stereocenters. The van der Waals surface area contributed by atoms with Gasteiger partial charge >= 0.3 is 0 Å². The Bertz CT molecular complexity index is 524. The van der Waals surface area contributed by atoms with E-state index in [1.54, 1.807) is 0 Å². The van der Waals surface area contributed by atoms with E-state index < -0.39 is 11.7 Å². The van der Waals surface area contributed by atoms with Crippen molar-refractivity contribution in [2.75, 3.05) is 13.1 Å². The number of Topliss-reactive ketones (excluding diaryl/α,β-unsaturated/α-hetero) is 2. The molecule has 2 rings (SSSR count). The van der Waals surface area contributed by atoms with Gasteiger partial charge in [0.1, 0.15) is 11.6 Å². The Balaban J connectivity index is 2.19. The predicted molar refractivity (Wildman–Crippen MR) is 66.1 cm³/mol. The minimum atomic E-state index is -0.830. The number of carbonyl (C=O) groups is 3. The van der Waals surface area contributed by atoms with Crippen molar-refractivity contribution in [3.8, 4) is 0 Å². The van der Waals surface area contributed by atoms with Crippen LogP contribution in [0.15, 0.2) is 24.3 Å². The van der Waals surface area contributed by atoms with Crippen molar-refractivity contribution in [1.82, 2.24) is 4.90 Å². The number of piperidine rings is 1. The fourth-order valence-corrected chi connectivity index (χ4v) is 2.16. The van der Waals surface area contributed by atoms with E-state index in [0.717, 1.165) is 0 Å². The molecule has 1 amide bonds. The molecule has 1 aliphatic rings. The van der Waals surface area contributed by atoms with E-state index in [9.17, 15) is 18.8 Å². The van der Waals surface area contributed by atoms with Gasteiger partial charge in [-0.2, -0.15) is 0 Å². The van der Waals surface area contributed by atoms with Crippen molar-refractivity contribution in [2.45, 2.75) is 13.3 Å². The fraction of sp³-hybridized carbons (Fsp3) is 0.357. The third-order valence-electron chi connectivity index (χ3n) is 3.31. The monoisotopic (exact) mass is 263 g/mol. The molecule has 1 aromatic carbocycles. The summed E-state index contributed by atoms with van der Waals surface area (Å²) in [5.41, 5.74) is 0.296. The number of amides is 1. The molecular weight excluding hydrogens is 249 g/mol. The number of ketones is 2. The summed E-state index contributed by atoms with van der Waals surface area (Å²) >= 11 is 0. The fourth-order valence-electron chi connectivity index (χ4n) is 2.16. The van der Waals surface area contributed by atoms with E-state index in [-0.39, 0.29) is 30.4 Å². The molecular formula is C14H14FNO3. The SMILES string of the molecule is CC(=O)N1CCC(=O)[C@@H](C(=O)c2ccc(F)cc2)C1. The molecule has 0 saturated carbocycles. The summed E-state index contributed by atoms with van der Waals surface area (Å²) < 4.78 is 12.8. The van der Waals surface area contributed by atoms with Crippen molar-refractivity contribution in [1.29, 1.82) is 0 Å². The van der Waals surface area contributed by atoms with Crippen molar-refractivity contribution in [3.63, 3.8) is 0 Å². The second kappa shape index (κ2) is 5.30. The van der Waals surface area contributed by atoms with Crippen LogP contribution < -0.4 is 0 Å². The number of halogens is 1. The number of hydrogen-bond acceptors (Lipinski definition) is 3. The number of nitrogens with zero attached hydrogens (tertiary/aromatic N) is 1. The molecule has 1 saturated heterocycles. The highest BCUT2D eigenvalue weighted by Crippen LogP contribution is 2.18. The van der Waals surface area contributed by atoms with E-state index in [2.05, 4.69) is 0 Å². The first-order chi connectivity index (χ1) is 8.99. The van der Waals surface area contributed by atoms with Crippen LogP contribution in [0.4, 0.5) is 4.39 Å². The van der Waals surface area contributed by atoms with Gasteiger partial charge in [0.05, 0.1) is 5.92 Å². The summed E-state index contributed by atoms with van der Waals surface area (Å²) in [7, 11) is 0. The lowest BCUT2D eigenvalue weighted by atomic mass is 9.89. The van der Waals surface area contributed by atoms with Crippen LogP contribution in [-0.4, -0.2) is 35.5 Å². The topological polar surface area (TPSA) is 54.5 Å². The Morgan fingerprint density at radius 3 is 2.47 bits per heavy atom. The van der Waals surface area contributed by atoms with Crippen molar-refractivity contribution in [3.05, 3.63) is 35.6 Å². The molecule has 0 aromatic heterocycles. The van der Waals surface area contributed by atoms with E-state index in [4.69, 9.17) is 0 Å². The molecule has 5 heteroatoms. The predicted octanol–water partition coefficient (Wildman–Crippen LogP) is 1.45. The zero-order valence-corrected chi connectivity index (χ0v) is 10.6. The Kier molecular flexibility index (Phi) is 3.74. The average molecular weight is 263 g/mol. The number of hydrogen-bond donors (Lipinski definition) is 0. The zero-order chi connectivity index (χ0) is 14.0. The molecule has 0 spiro atoms. The van der Waals surface area contributed by atoms with Crippen LogP contribution in [0.25, 0.3) is 0 Å². The van der Waals surface area contributed by atoms with Gasteiger partial charge in [-0.25, -0.2) is 4.39 Å². The largest absolute Gasteiger partial charge is 0.341 e. The lowest BCUT2D eigenvalue weighted by Gasteiger charge is -2.30. The Morgan fingerprint density at radius 1 is 1.26 bits per heavy atom. The molecule has 100 valence electrons. The van der Waals surface area contributed by atoms with Crippen LogP contribution >= 0.6 is 0 Å². The molecule has 0 aliphatic carbocycles. The van der Waals surface area contributed by atoms with Gasteiger partial charge in [-0.15, -0.1) is 0 Å². The maximum Gasteiger partial charge on any atom is 0.219 e. The second-order valence-corrected chi connectivity index (χ2v) is 4.61. The summed E-state index contributed by atoms with van der Waals surface area (Å²) in [4.78, 5) is 36.8. The van der Waals surface area contributed by atoms with Gasteiger partial charge in [0, 0.05) is 32.0 Å². The van der Waals surface area contributed by atoms with E-state index in [0.29, 0.717) is 12.1 Å². The quantitative estimate of drug-likeness (QED) is 0.599. The maximum atomic E-state index is 12.8. The van der Waals surface area contributed by atoms with E-state index in [1.807, 2.05) is 0 Å². The summed E-state index contributed by atoms with van der Waals surface area (Å²) in [6.07, 6.45) is 0.192. The van der Waals surface area contributed by atoms with Crippen LogP contribution in [0.5, 0.6) is 0 Å². The first kappa shape index (κ1) is 13.4. The van der Waals surface area contributed by atoms with Gasteiger partial charge in [-0.3, -0.25) is 14.4 Å². The molecule has 1 aromatic rings. The van der Waals surface area contributed by atoms with Crippen LogP contribution in [0.3, 0.4) is 0 Å². The standard InChI is InChI=1S/C14H14FNO3/c1-9(17)16-7-6-13(18)12(8-16)14(19)10-2-4-11(15)5-3-10/h2-5,12H,6-8H2,1H3/t12-/m0/s1. The summed E-state index contributed by atoms with van der Waals surface area (Å²) in [6, 6.07) is 5.09. The number of rotatable bonds is 2. The van der Waals surface area contributed by atoms with Gasteiger partial charge in [0.25, 0.3) is 0 Å². The lowest BCUT2D eigenvalue weighted by molar-refractivity contribution is -0.134. The average Bonchev–Trinajstić information content (AvgIpc) is 2.39. The van der Waals surface area contributed by atoms with Gasteiger partial charge in [0.15, 0.2) is 5.78 Å². The lowest BCUT2D eigenvalue weighted by Crippen LogP contribution is -2.46. The minimum absolute atomic E-state index is 0.115. The first-order valence-electron chi connectivity index (χ1n) is 6.07. The molecule has 0 unspecified atom stereocenters. The minimum Gasteiger partial charge on any atom is -0.341 e. The number of likely N-dealkylation sites (tertiary alicyclic amines) is 1. The highest BCUT2D eigenvalue weighted by atomic mass is 19.1. The third-order valence-corrected chi connectivity index (χ3v) is 3.31. The zero-order valence-electron chi connectivity index (χ0n) is 10.6. The first-order valence-corrected chi connectivity index (χ1v) is 6.07. The Labute approximate surface area is 110 Å². The van der Waals surface area contributed by atoms with Crippen molar-refractivity contribution in [2.24, 2.45) is 5.92 Å². The third kappa shape index (κ3) is 2.86. The van der Waals surface area contributed by atoms with Gasteiger partial charge in [-0.1, -0.05) is 0 Å². The molecule has 0 N–H and O–H groups in total. The Hall–Kier alpha value is -2.04. The highest BCUT2D eigenvalue weighted by molar-refractivity contribution is 6.11. The number of carbonyl (C=O) groups excluding carboxylic acids is 3. The molecule has 0 bridgehead atoms. The van der Waals surface area contributed by atoms with Crippen LogP contribution in [0.1, 0.15) is 23.7 Å². The van der Waals surface area contributed by atoms with Gasteiger partial charge < -0.3 is 4.90 Å².